The maximum Gasteiger partial charge on any atom is 0.349 e. The van der Waals surface area contributed by atoms with E-state index in [-0.39, 0.29) is 44.2 Å². The van der Waals surface area contributed by atoms with E-state index in [1.807, 2.05) is 0 Å². The number of pyridine rings is 2. The Bertz CT molecular complexity index is 1460. The molecule has 2 aromatic carbocycles. The average molecular weight is 549 g/mol. The number of hydrogen-bond acceptors (Lipinski definition) is 10. The van der Waals surface area contributed by atoms with Gasteiger partial charge in [0.2, 0.25) is 21.6 Å². The SMILES string of the molecule is CCOc1ncccc1C(=O)Oc1ccc(S(=O)(=O)c2ccc(OC(=O)c3cccnc3OCC)cc2)cc1. The number of ether oxygens (including phenoxy) is 4. The quantitative estimate of drug-likeness (QED) is 0.205. The van der Waals surface area contributed by atoms with E-state index in [0.29, 0.717) is 13.2 Å². The number of aromatic nitrogens is 2. The molecule has 0 aliphatic carbocycles. The Labute approximate surface area is 225 Å². The molecule has 0 bridgehead atoms. The van der Waals surface area contributed by atoms with Gasteiger partial charge >= 0.3 is 11.9 Å². The number of benzene rings is 2. The Hall–Kier alpha value is -4.77. The smallest absolute Gasteiger partial charge is 0.349 e. The summed E-state index contributed by atoms with van der Waals surface area (Å²) in [6.07, 6.45) is 2.99. The molecule has 10 nitrogen and oxygen atoms in total. The largest absolute Gasteiger partial charge is 0.477 e. The maximum absolute atomic E-state index is 13.1. The Morgan fingerprint density at radius 1 is 0.641 bits per heavy atom. The van der Waals surface area contributed by atoms with E-state index in [1.165, 1.54) is 73.1 Å². The molecule has 0 fully saturated rings. The number of rotatable bonds is 10. The number of esters is 2. The van der Waals surface area contributed by atoms with Gasteiger partial charge in [-0.1, -0.05) is 0 Å². The fraction of sp³-hybridized carbons (Fsp3) is 0.143. The zero-order valence-electron chi connectivity index (χ0n) is 21.1. The lowest BCUT2D eigenvalue weighted by atomic mass is 10.2. The Balaban J connectivity index is 1.45. The lowest BCUT2D eigenvalue weighted by Gasteiger charge is -2.10. The normalized spacial score (nSPS) is 10.9. The van der Waals surface area contributed by atoms with Crippen LogP contribution in [-0.4, -0.2) is 43.5 Å². The molecular formula is C28H24N2O8S. The summed E-state index contributed by atoms with van der Waals surface area (Å²) in [5, 5.41) is 0. The van der Waals surface area contributed by atoms with Crippen LogP contribution in [0.4, 0.5) is 0 Å². The highest BCUT2D eigenvalue weighted by Crippen LogP contribution is 2.26. The summed E-state index contributed by atoms with van der Waals surface area (Å²) in [7, 11) is -3.90. The monoisotopic (exact) mass is 548 g/mol. The number of sulfone groups is 1. The number of carbonyl (C=O) groups is 2. The van der Waals surface area contributed by atoms with Gasteiger partial charge < -0.3 is 18.9 Å². The lowest BCUT2D eigenvalue weighted by Crippen LogP contribution is -2.12. The Morgan fingerprint density at radius 2 is 1.03 bits per heavy atom. The molecule has 0 N–H and O–H groups in total. The van der Waals surface area contributed by atoms with Crippen LogP contribution in [0.25, 0.3) is 0 Å². The minimum absolute atomic E-state index is 0.0138. The predicted molar refractivity (Wildman–Crippen MR) is 139 cm³/mol. The molecule has 0 saturated heterocycles. The molecule has 2 aromatic heterocycles. The summed E-state index contributed by atoms with van der Waals surface area (Å²) in [6, 6.07) is 17.0. The third-order valence-electron chi connectivity index (χ3n) is 5.23. The second-order valence-corrected chi connectivity index (χ2v) is 9.75. The summed E-state index contributed by atoms with van der Waals surface area (Å²) in [5.74, 6) is -0.787. The van der Waals surface area contributed by atoms with Gasteiger partial charge in [-0.05, 0) is 86.6 Å². The minimum atomic E-state index is -3.90. The second kappa shape index (κ2) is 12.2. The fourth-order valence-electron chi connectivity index (χ4n) is 3.43. The average Bonchev–Trinajstić information content (AvgIpc) is 2.94. The summed E-state index contributed by atoms with van der Waals surface area (Å²) in [5.41, 5.74) is 0.295. The van der Waals surface area contributed by atoms with Crippen molar-refractivity contribution in [3.05, 3.63) is 96.3 Å². The van der Waals surface area contributed by atoms with Crippen LogP contribution < -0.4 is 18.9 Å². The topological polar surface area (TPSA) is 131 Å². The third kappa shape index (κ3) is 6.39. The third-order valence-corrected chi connectivity index (χ3v) is 7.02. The minimum Gasteiger partial charge on any atom is -0.477 e. The van der Waals surface area contributed by atoms with Crippen LogP contribution in [0.5, 0.6) is 23.3 Å². The van der Waals surface area contributed by atoms with E-state index in [0.717, 1.165) is 0 Å². The highest BCUT2D eigenvalue weighted by atomic mass is 32.2. The van der Waals surface area contributed by atoms with Gasteiger partial charge in [-0.3, -0.25) is 0 Å². The number of hydrogen-bond donors (Lipinski definition) is 0. The van der Waals surface area contributed by atoms with E-state index in [4.69, 9.17) is 18.9 Å². The molecule has 0 unspecified atom stereocenters. The van der Waals surface area contributed by atoms with E-state index >= 15 is 0 Å². The molecule has 200 valence electrons. The van der Waals surface area contributed by atoms with Crippen LogP contribution in [0, 0.1) is 0 Å². The Kier molecular flexibility index (Phi) is 8.52. The Morgan fingerprint density at radius 3 is 1.38 bits per heavy atom. The van der Waals surface area contributed by atoms with Crippen molar-refractivity contribution in [3.8, 4) is 23.3 Å². The number of carbonyl (C=O) groups excluding carboxylic acids is 2. The molecule has 0 radical (unpaired) electrons. The number of nitrogens with zero attached hydrogens (tertiary/aromatic N) is 2. The summed E-state index contributed by atoms with van der Waals surface area (Å²) in [6.45, 7) is 4.19. The molecule has 4 rings (SSSR count). The molecule has 0 aliphatic heterocycles. The maximum atomic E-state index is 13.1. The van der Waals surface area contributed by atoms with Crippen LogP contribution >= 0.6 is 0 Å². The van der Waals surface area contributed by atoms with Gasteiger partial charge in [-0.25, -0.2) is 28.0 Å². The van der Waals surface area contributed by atoms with Crippen LogP contribution in [0.1, 0.15) is 34.6 Å². The van der Waals surface area contributed by atoms with Crippen molar-refractivity contribution < 1.29 is 37.0 Å². The van der Waals surface area contributed by atoms with Crippen molar-refractivity contribution in [2.45, 2.75) is 23.6 Å². The van der Waals surface area contributed by atoms with E-state index < -0.39 is 21.8 Å². The molecule has 0 amide bonds. The van der Waals surface area contributed by atoms with Crippen molar-refractivity contribution in [1.29, 1.82) is 0 Å². The molecular weight excluding hydrogens is 524 g/mol. The lowest BCUT2D eigenvalue weighted by molar-refractivity contribution is 0.0719. The first-order chi connectivity index (χ1) is 18.8. The predicted octanol–water partition coefficient (Wildman–Crippen LogP) is 4.55. The first-order valence-electron chi connectivity index (χ1n) is 11.9. The molecule has 0 saturated carbocycles. The van der Waals surface area contributed by atoms with Gasteiger partial charge in [0, 0.05) is 12.4 Å². The molecule has 4 aromatic rings. The first kappa shape index (κ1) is 27.3. The van der Waals surface area contributed by atoms with Gasteiger partial charge in [0.25, 0.3) is 0 Å². The summed E-state index contributed by atoms with van der Waals surface area (Å²) in [4.78, 5) is 33.1. The van der Waals surface area contributed by atoms with Crippen LogP contribution in [0.3, 0.4) is 0 Å². The highest BCUT2D eigenvalue weighted by Gasteiger charge is 2.21. The van der Waals surface area contributed by atoms with E-state index in [9.17, 15) is 18.0 Å². The molecule has 2 heterocycles. The molecule has 39 heavy (non-hydrogen) atoms. The van der Waals surface area contributed by atoms with Gasteiger partial charge in [0.15, 0.2) is 0 Å². The second-order valence-electron chi connectivity index (χ2n) is 7.80. The summed E-state index contributed by atoms with van der Waals surface area (Å²) >= 11 is 0. The van der Waals surface area contributed by atoms with Crippen LogP contribution in [0.2, 0.25) is 0 Å². The van der Waals surface area contributed by atoms with Crippen molar-refractivity contribution in [2.24, 2.45) is 0 Å². The van der Waals surface area contributed by atoms with E-state index in [1.54, 1.807) is 26.0 Å². The van der Waals surface area contributed by atoms with Gasteiger partial charge in [0.05, 0.1) is 23.0 Å². The fourth-order valence-corrected chi connectivity index (χ4v) is 4.69. The van der Waals surface area contributed by atoms with Crippen LogP contribution in [0.15, 0.2) is 95.0 Å². The summed E-state index contributed by atoms with van der Waals surface area (Å²) < 4.78 is 47.6. The molecule has 0 spiro atoms. The van der Waals surface area contributed by atoms with Crippen LogP contribution in [-0.2, 0) is 9.84 Å². The standard InChI is InChI=1S/C28H24N2O8S/c1-3-35-25-23(7-5-17-29-25)27(31)37-19-9-13-21(14-10-19)39(33,34)22-15-11-20(12-16-22)38-28(32)24-8-6-18-30-26(24)36-4-2/h5-18H,3-4H2,1-2H3. The molecule has 11 heteroatoms. The van der Waals surface area contributed by atoms with Gasteiger partial charge in [0.1, 0.15) is 22.6 Å². The van der Waals surface area contributed by atoms with Crippen molar-refractivity contribution in [2.75, 3.05) is 13.2 Å². The molecule has 0 atom stereocenters. The van der Waals surface area contributed by atoms with Crippen molar-refractivity contribution in [1.82, 2.24) is 9.97 Å². The molecule has 0 aliphatic rings. The zero-order chi connectivity index (χ0) is 27.8. The zero-order valence-corrected chi connectivity index (χ0v) is 21.9. The van der Waals surface area contributed by atoms with E-state index in [2.05, 4.69) is 9.97 Å². The van der Waals surface area contributed by atoms with Gasteiger partial charge in [-0.2, -0.15) is 0 Å². The first-order valence-corrected chi connectivity index (χ1v) is 13.4. The van der Waals surface area contributed by atoms with Crippen molar-refractivity contribution >= 4 is 21.8 Å². The highest BCUT2D eigenvalue weighted by molar-refractivity contribution is 7.91. The van der Waals surface area contributed by atoms with Crippen molar-refractivity contribution in [3.63, 3.8) is 0 Å². The van der Waals surface area contributed by atoms with Gasteiger partial charge in [-0.15, -0.1) is 0 Å².